The van der Waals surface area contributed by atoms with Crippen molar-refractivity contribution in [3.05, 3.63) is 59.2 Å². The van der Waals surface area contributed by atoms with Crippen LogP contribution in [-0.2, 0) is 17.6 Å². The first kappa shape index (κ1) is 16.4. The number of fused-ring (bicyclic) bond motifs is 1. The van der Waals surface area contributed by atoms with Gasteiger partial charge in [0.05, 0.1) is 0 Å². The highest BCUT2D eigenvalue weighted by atomic mass is 19.2. The van der Waals surface area contributed by atoms with Crippen LogP contribution in [0.3, 0.4) is 0 Å². The number of carbonyl (C=O) groups is 1. The summed E-state index contributed by atoms with van der Waals surface area (Å²) in [6.07, 6.45) is 1.63. The molecule has 1 amide bonds. The molecule has 0 unspecified atom stereocenters. The third kappa shape index (κ3) is 3.55. The maximum atomic E-state index is 13.2. The van der Waals surface area contributed by atoms with Gasteiger partial charge in [-0.15, -0.1) is 0 Å². The zero-order chi connectivity index (χ0) is 17.1. The summed E-state index contributed by atoms with van der Waals surface area (Å²) in [5.41, 5.74) is 3.85. The molecule has 126 valence electrons. The summed E-state index contributed by atoms with van der Waals surface area (Å²) < 4.78 is 26.1. The number of nitrogens with one attached hydrogen (secondary N) is 1. The molecule has 1 aliphatic heterocycles. The molecule has 0 fully saturated rings. The molecule has 1 aliphatic rings. The Kier molecular flexibility index (Phi) is 4.79. The van der Waals surface area contributed by atoms with Crippen LogP contribution in [0.4, 0.5) is 20.2 Å². The smallest absolute Gasteiger partial charge is 0.224 e. The minimum absolute atomic E-state index is 0.138. The minimum atomic E-state index is -0.883. The second kappa shape index (κ2) is 6.99. The van der Waals surface area contributed by atoms with E-state index in [1.165, 1.54) is 17.3 Å². The molecule has 0 aliphatic carbocycles. The number of hydrogen-bond acceptors (Lipinski definition) is 2. The van der Waals surface area contributed by atoms with Crippen LogP contribution in [0.2, 0.25) is 0 Å². The lowest BCUT2D eigenvalue weighted by Crippen LogP contribution is -2.19. The second-order valence-corrected chi connectivity index (χ2v) is 5.97. The van der Waals surface area contributed by atoms with E-state index in [9.17, 15) is 13.6 Å². The summed E-state index contributed by atoms with van der Waals surface area (Å²) in [5, 5.41) is 2.88. The molecule has 2 aromatic carbocycles. The maximum absolute atomic E-state index is 13.2. The molecule has 0 spiro atoms. The van der Waals surface area contributed by atoms with Crippen molar-refractivity contribution in [1.82, 2.24) is 0 Å². The van der Waals surface area contributed by atoms with Gasteiger partial charge in [0.25, 0.3) is 0 Å². The molecule has 3 nitrogen and oxygen atoms in total. The molecule has 0 radical (unpaired) electrons. The van der Waals surface area contributed by atoms with Gasteiger partial charge in [0.2, 0.25) is 5.91 Å². The van der Waals surface area contributed by atoms with Crippen molar-refractivity contribution < 1.29 is 13.6 Å². The second-order valence-electron chi connectivity index (χ2n) is 5.97. The summed E-state index contributed by atoms with van der Waals surface area (Å²) in [6.45, 7) is 4.07. The van der Waals surface area contributed by atoms with Gasteiger partial charge in [-0.2, -0.15) is 0 Å². The Morgan fingerprint density at radius 1 is 1.17 bits per heavy atom. The Labute approximate surface area is 140 Å². The fourth-order valence-electron chi connectivity index (χ4n) is 3.03. The summed E-state index contributed by atoms with van der Waals surface area (Å²) >= 11 is 0. The first-order chi connectivity index (χ1) is 11.6. The van der Waals surface area contributed by atoms with Gasteiger partial charge in [0, 0.05) is 30.9 Å². The molecular weight excluding hydrogens is 310 g/mol. The van der Waals surface area contributed by atoms with Gasteiger partial charge in [-0.05, 0) is 55.2 Å². The molecule has 0 bridgehead atoms. The van der Waals surface area contributed by atoms with Gasteiger partial charge in [0.15, 0.2) is 11.6 Å². The Hall–Kier alpha value is -2.43. The van der Waals surface area contributed by atoms with E-state index in [-0.39, 0.29) is 12.3 Å². The normalized spacial score (nSPS) is 13.0. The third-order valence-corrected chi connectivity index (χ3v) is 4.37. The van der Waals surface area contributed by atoms with E-state index < -0.39 is 11.6 Å². The standard InChI is InChI=1S/C19H20F2N2O/c1-2-23-10-9-14-5-6-15(12-18(14)23)22-19(24)8-4-13-3-7-16(20)17(21)11-13/h3,5-7,11-12H,2,4,8-10H2,1H3,(H,22,24). The quantitative estimate of drug-likeness (QED) is 0.901. The Bertz CT molecular complexity index is 761. The Morgan fingerprint density at radius 3 is 2.75 bits per heavy atom. The molecule has 1 heterocycles. The van der Waals surface area contributed by atoms with E-state index in [2.05, 4.69) is 23.2 Å². The van der Waals surface area contributed by atoms with Gasteiger partial charge >= 0.3 is 0 Å². The number of likely N-dealkylation sites (N-methyl/N-ethyl adjacent to an activating group) is 1. The summed E-state index contributed by atoms with van der Waals surface area (Å²) in [4.78, 5) is 14.4. The number of aryl methyl sites for hydroxylation is 1. The molecule has 3 rings (SSSR count). The SMILES string of the molecule is CCN1CCc2ccc(NC(=O)CCc3ccc(F)c(F)c3)cc21. The van der Waals surface area contributed by atoms with E-state index in [1.54, 1.807) is 0 Å². The van der Waals surface area contributed by atoms with Crippen molar-refractivity contribution in [2.24, 2.45) is 0 Å². The van der Waals surface area contributed by atoms with Crippen molar-refractivity contribution in [2.75, 3.05) is 23.3 Å². The molecule has 2 aromatic rings. The number of rotatable bonds is 5. The highest BCUT2D eigenvalue weighted by Crippen LogP contribution is 2.30. The summed E-state index contributed by atoms with van der Waals surface area (Å²) in [6, 6.07) is 9.68. The van der Waals surface area contributed by atoms with Crippen LogP contribution in [0.25, 0.3) is 0 Å². The van der Waals surface area contributed by atoms with Crippen molar-refractivity contribution in [3.8, 4) is 0 Å². The zero-order valence-electron chi connectivity index (χ0n) is 13.6. The number of carbonyl (C=O) groups excluding carboxylic acids is 1. The lowest BCUT2D eigenvalue weighted by Gasteiger charge is -2.17. The van der Waals surface area contributed by atoms with Crippen molar-refractivity contribution in [1.29, 1.82) is 0 Å². The van der Waals surface area contributed by atoms with Gasteiger partial charge in [-0.25, -0.2) is 8.78 Å². The van der Waals surface area contributed by atoms with Crippen LogP contribution in [-0.4, -0.2) is 19.0 Å². The van der Waals surface area contributed by atoms with Crippen LogP contribution in [0.1, 0.15) is 24.5 Å². The monoisotopic (exact) mass is 330 g/mol. The molecule has 24 heavy (non-hydrogen) atoms. The van der Waals surface area contributed by atoms with Crippen molar-refractivity contribution in [3.63, 3.8) is 0 Å². The van der Waals surface area contributed by atoms with Crippen LogP contribution in [0.15, 0.2) is 36.4 Å². The average Bonchev–Trinajstić information content (AvgIpc) is 2.98. The van der Waals surface area contributed by atoms with Gasteiger partial charge < -0.3 is 10.2 Å². The molecular formula is C19H20F2N2O. The molecule has 0 saturated carbocycles. The Balaban J connectivity index is 1.60. The fourth-order valence-corrected chi connectivity index (χ4v) is 3.03. The molecule has 0 aromatic heterocycles. The number of anilines is 2. The van der Waals surface area contributed by atoms with Crippen molar-refractivity contribution in [2.45, 2.75) is 26.2 Å². The van der Waals surface area contributed by atoms with E-state index >= 15 is 0 Å². The lowest BCUT2D eigenvalue weighted by atomic mass is 10.1. The molecule has 0 atom stereocenters. The first-order valence-electron chi connectivity index (χ1n) is 8.18. The third-order valence-electron chi connectivity index (χ3n) is 4.37. The van der Waals surface area contributed by atoms with E-state index in [0.717, 1.165) is 37.3 Å². The first-order valence-corrected chi connectivity index (χ1v) is 8.18. The highest BCUT2D eigenvalue weighted by Gasteiger charge is 2.18. The van der Waals surface area contributed by atoms with Gasteiger partial charge in [0.1, 0.15) is 0 Å². The Morgan fingerprint density at radius 2 is 2.00 bits per heavy atom. The number of benzene rings is 2. The van der Waals surface area contributed by atoms with Crippen LogP contribution >= 0.6 is 0 Å². The van der Waals surface area contributed by atoms with Crippen LogP contribution < -0.4 is 10.2 Å². The molecule has 1 N–H and O–H groups in total. The number of nitrogens with zero attached hydrogens (tertiary/aromatic N) is 1. The topological polar surface area (TPSA) is 32.3 Å². The number of hydrogen-bond donors (Lipinski definition) is 1. The van der Waals surface area contributed by atoms with E-state index in [4.69, 9.17) is 0 Å². The summed E-state index contributed by atoms with van der Waals surface area (Å²) in [7, 11) is 0. The molecule has 5 heteroatoms. The van der Waals surface area contributed by atoms with Gasteiger partial charge in [-0.1, -0.05) is 12.1 Å². The summed E-state index contributed by atoms with van der Waals surface area (Å²) in [5.74, 6) is -1.89. The van der Waals surface area contributed by atoms with E-state index in [1.807, 2.05) is 12.1 Å². The average molecular weight is 330 g/mol. The zero-order valence-corrected chi connectivity index (χ0v) is 13.6. The predicted molar refractivity (Wildman–Crippen MR) is 91.3 cm³/mol. The van der Waals surface area contributed by atoms with Crippen molar-refractivity contribution >= 4 is 17.3 Å². The maximum Gasteiger partial charge on any atom is 0.224 e. The number of halogens is 2. The minimum Gasteiger partial charge on any atom is -0.371 e. The highest BCUT2D eigenvalue weighted by molar-refractivity contribution is 5.91. The molecule has 0 saturated heterocycles. The van der Waals surface area contributed by atoms with E-state index in [0.29, 0.717) is 12.0 Å². The fraction of sp³-hybridized carbons (Fsp3) is 0.316. The lowest BCUT2D eigenvalue weighted by molar-refractivity contribution is -0.116. The number of amides is 1. The van der Waals surface area contributed by atoms with Crippen LogP contribution in [0, 0.1) is 11.6 Å². The predicted octanol–water partition coefficient (Wildman–Crippen LogP) is 3.92. The van der Waals surface area contributed by atoms with Crippen LogP contribution in [0.5, 0.6) is 0 Å². The van der Waals surface area contributed by atoms with Gasteiger partial charge in [-0.3, -0.25) is 4.79 Å². The largest absolute Gasteiger partial charge is 0.371 e.